The number of aromatic nitrogens is 1. The number of nitrogens with zero attached hydrogens (tertiary/aromatic N) is 1. The number of anilines is 1. The lowest BCUT2D eigenvalue weighted by Crippen LogP contribution is -2.38. The van der Waals surface area contributed by atoms with Gasteiger partial charge in [0, 0.05) is 18.1 Å². The third-order valence-electron chi connectivity index (χ3n) is 2.37. The first-order valence-corrected chi connectivity index (χ1v) is 4.81. The van der Waals surface area contributed by atoms with E-state index in [2.05, 4.69) is 10.3 Å². The number of aryl methyl sites for hydroxylation is 1. The number of hydrogen-bond donors (Lipinski definition) is 2. The van der Waals surface area contributed by atoms with Crippen LogP contribution in [0.5, 0.6) is 0 Å². The Morgan fingerprint density at radius 3 is 2.56 bits per heavy atom. The van der Waals surface area contributed by atoms with Gasteiger partial charge in [-0.15, -0.1) is 0 Å². The molecule has 0 bridgehead atoms. The summed E-state index contributed by atoms with van der Waals surface area (Å²) >= 11 is 0. The average molecular weight is 222 g/mol. The van der Waals surface area contributed by atoms with Crippen LogP contribution in [0, 0.1) is 12.3 Å². The Bertz CT molecular complexity index is 427. The van der Waals surface area contributed by atoms with Gasteiger partial charge in [0.05, 0.1) is 0 Å². The molecule has 0 aliphatic carbocycles. The van der Waals surface area contributed by atoms with E-state index in [1.807, 2.05) is 0 Å². The smallest absolute Gasteiger partial charge is 0.318 e. The van der Waals surface area contributed by atoms with Gasteiger partial charge in [0.1, 0.15) is 5.41 Å². The standard InChI is InChI=1S/C11H14N2O3/c1-7-6-12-5-4-8(7)13-9(14)11(2,3)10(15)16/h4-6H,1-3H3,(H,15,16)(H,12,13,14). The summed E-state index contributed by atoms with van der Waals surface area (Å²) in [5.74, 6) is -1.70. The minimum atomic E-state index is -1.45. The van der Waals surface area contributed by atoms with E-state index in [4.69, 9.17) is 5.11 Å². The highest BCUT2D eigenvalue weighted by atomic mass is 16.4. The maximum atomic E-state index is 11.7. The van der Waals surface area contributed by atoms with Gasteiger partial charge in [0.2, 0.25) is 5.91 Å². The van der Waals surface area contributed by atoms with Crippen molar-refractivity contribution in [1.29, 1.82) is 0 Å². The number of hydrogen-bond acceptors (Lipinski definition) is 3. The third kappa shape index (κ3) is 2.36. The highest BCUT2D eigenvalue weighted by molar-refractivity contribution is 6.07. The zero-order valence-electron chi connectivity index (χ0n) is 9.44. The second kappa shape index (κ2) is 4.30. The van der Waals surface area contributed by atoms with E-state index in [0.29, 0.717) is 5.69 Å². The van der Waals surface area contributed by atoms with E-state index < -0.39 is 17.3 Å². The zero-order chi connectivity index (χ0) is 12.3. The fraction of sp³-hybridized carbons (Fsp3) is 0.364. The summed E-state index contributed by atoms with van der Waals surface area (Å²) in [5.41, 5.74) is -0.0817. The molecule has 86 valence electrons. The molecule has 5 heteroatoms. The van der Waals surface area contributed by atoms with Crippen molar-refractivity contribution in [2.75, 3.05) is 5.32 Å². The summed E-state index contributed by atoms with van der Waals surface area (Å²) in [5, 5.41) is 11.5. The van der Waals surface area contributed by atoms with E-state index in [0.717, 1.165) is 5.56 Å². The topological polar surface area (TPSA) is 79.3 Å². The Morgan fingerprint density at radius 1 is 1.44 bits per heavy atom. The van der Waals surface area contributed by atoms with Gasteiger partial charge in [0.15, 0.2) is 0 Å². The molecule has 0 saturated carbocycles. The van der Waals surface area contributed by atoms with Crippen molar-refractivity contribution in [3.63, 3.8) is 0 Å². The van der Waals surface area contributed by atoms with Crippen LogP contribution in [0.4, 0.5) is 5.69 Å². The molecule has 0 fully saturated rings. The van der Waals surface area contributed by atoms with Crippen molar-refractivity contribution in [2.24, 2.45) is 5.41 Å². The number of carboxylic acids is 1. The monoisotopic (exact) mass is 222 g/mol. The molecule has 1 rings (SSSR count). The zero-order valence-corrected chi connectivity index (χ0v) is 9.44. The summed E-state index contributed by atoms with van der Waals surface area (Å²) in [7, 11) is 0. The Hall–Kier alpha value is -1.91. The molecule has 0 atom stereocenters. The van der Waals surface area contributed by atoms with Crippen LogP contribution in [0.25, 0.3) is 0 Å². The molecule has 0 saturated heterocycles. The van der Waals surface area contributed by atoms with Gasteiger partial charge in [-0.25, -0.2) is 0 Å². The molecule has 0 aromatic carbocycles. The maximum Gasteiger partial charge on any atom is 0.318 e. The molecule has 2 N–H and O–H groups in total. The molecule has 16 heavy (non-hydrogen) atoms. The van der Waals surface area contributed by atoms with Crippen LogP contribution in [0.3, 0.4) is 0 Å². The summed E-state index contributed by atoms with van der Waals surface area (Å²) in [6.07, 6.45) is 3.14. The van der Waals surface area contributed by atoms with Gasteiger partial charge in [-0.1, -0.05) is 0 Å². The van der Waals surface area contributed by atoms with Crippen LogP contribution >= 0.6 is 0 Å². The third-order valence-corrected chi connectivity index (χ3v) is 2.37. The number of aliphatic carboxylic acids is 1. The van der Waals surface area contributed by atoms with Crippen molar-refractivity contribution in [3.8, 4) is 0 Å². The molecule has 1 heterocycles. The molecule has 0 aliphatic heterocycles. The summed E-state index contributed by atoms with van der Waals surface area (Å²) in [6.45, 7) is 4.51. The van der Waals surface area contributed by atoms with Gasteiger partial charge in [-0.05, 0) is 32.4 Å². The highest BCUT2D eigenvalue weighted by Gasteiger charge is 2.36. The Kier molecular flexibility index (Phi) is 3.27. The number of carbonyl (C=O) groups is 2. The number of pyridine rings is 1. The molecule has 0 unspecified atom stereocenters. The van der Waals surface area contributed by atoms with Gasteiger partial charge >= 0.3 is 5.97 Å². The predicted octanol–water partition coefficient (Wildman–Crippen LogP) is 1.44. The van der Waals surface area contributed by atoms with Crippen molar-refractivity contribution in [3.05, 3.63) is 24.0 Å². The Labute approximate surface area is 93.5 Å². The second-order valence-corrected chi connectivity index (χ2v) is 4.07. The first-order valence-electron chi connectivity index (χ1n) is 4.81. The van der Waals surface area contributed by atoms with E-state index in [-0.39, 0.29) is 0 Å². The predicted molar refractivity (Wildman–Crippen MR) is 59.0 cm³/mol. The summed E-state index contributed by atoms with van der Waals surface area (Å²) in [4.78, 5) is 26.5. The van der Waals surface area contributed by atoms with Crippen LogP contribution in [0.2, 0.25) is 0 Å². The van der Waals surface area contributed by atoms with Crippen LogP contribution in [-0.4, -0.2) is 22.0 Å². The Morgan fingerprint density at radius 2 is 2.06 bits per heavy atom. The molecule has 1 amide bonds. The minimum Gasteiger partial charge on any atom is -0.480 e. The van der Waals surface area contributed by atoms with Gasteiger partial charge in [-0.3, -0.25) is 14.6 Å². The fourth-order valence-electron chi connectivity index (χ4n) is 0.989. The molecule has 1 aromatic rings. The van der Waals surface area contributed by atoms with Gasteiger partial charge < -0.3 is 10.4 Å². The van der Waals surface area contributed by atoms with E-state index >= 15 is 0 Å². The van der Waals surface area contributed by atoms with Crippen molar-refractivity contribution in [2.45, 2.75) is 20.8 Å². The van der Waals surface area contributed by atoms with Crippen molar-refractivity contribution < 1.29 is 14.7 Å². The van der Waals surface area contributed by atoms with Crippen LogP contribution in [0.1, 0.15) is 19.4 Å². The number of rotatable bonds is 3. The highest BCUT2D eigenvalue weighted by Crippen LogP contribution is 2.20. The van der Waals surface area contributed by atoms with Crippen molar-refractivity contribution in [1.82, 2.24) is 4.98 Å². The number of carboxylic acid groups (broad SMARTS) is 1. The Balaban J connectivity index is 2.88. The van der Waals surface area contributed by atoms with Crippen LogP contribution < -0.4 is 5.32 Å². The van der Waals surface area contributed by atoms with Crippen molar-refractivity contribution >= 4 is 17.6 Å². The lowest BCUT2D eigenvalue weighted by Gasteiger charge is -2.18. The van der Waals surface area contributed by atoms with E-state index in [9.17, 15) is 9.59 Å². The normalized spacial score (nSPS) is 10.9. The average Bonchev–Trinajstić information content (AvgIpc) is 2.21. The maximum absolute atomic E-state index is 11.7. The molecule has 0 radical (unpaired) electrons. The first-order chi connectivity index (χ1) is 7.35. The SMILES string of the molecule is Cc1cnccc1NC(=O)C(C)(C)C(=O)O. The largest absolute Gasteiger partial charge is 0.480 e. The van der Waals surface area contributed by atoms with Crippen LogP contribution in [0.15, 0.2) is 18.5 Å². The van der Waals surface area contributed by atoms with Gasteiger partial charge in [-0.2, -0.15) is 0 Å². The summed E-state index contributed by atoms with van der Waals surface area (Å²) in [6, 6.07) is 1.63. The minimum absolute atomic E-state index is 0.547. The fourth-order valence-corrected chi connectivity index (χ4v) is 0.989. The first kappa shape index (κ1) is 12.2. The number of amides is 1. The lowest BCUT2D eigenvalue weighted by molar-refractivity contribution is -0.151. The van der Waals surface area contributed by atoms with E-state index in [1.165, 1.54) is 20.0 Å². The lowest BCUT2D eigenvalue weighted by atomic mass is 9.92. The second-order valence-electron chi connectivity index (χ2n) is 4.07. The van der Waals surface area contributed by atoms with E-state index in [1.54, 1.807) is 19.2 Å². The number of carbonyl (C=O) groups excluding carboxylic acids is 1. The molecule has 0 spiro atoms. The summed E-state index contributed by atoms with van der Waals surface area (Å²) < 4.78 is 0. The van der Waals surface area contributed by atoms with Crippen LogP contribution in [-0.2, 0) is 9.59 Å². The molecular weight excluding hydrogens is 208 g/mol. The molecule has 5 nitrogen and oxygen atoms in total. The quantitative estimate of drug-likeness (QED) is 0.758. The molecular formula is C11H14N2O3. The molecule has 1 aromatic heterocycles. The van der Waals surface area contributed by atoms with Gasteiger partial charge in [0.25, 0.3) is 0 Å². The number of nitrogens with one attached hydrogen (secondary N) is 1. The molecule has 0 aliphatic rings.